The van der Waals surface area contributed by atoms with Gasteiger partial charge in [-0.15, -0.1) is 0 Å². The Bertz CT molecular complexity index is 483. The molecule has 1 rings (SSSR count). The van der Waals surface area contributed by atoms with Crippen LogP contribution in [0.3, 0.4) is 0 Å². The van der Waals surface area contributed by atoms with Gasteiger partial charge in [-0.1, -0.05) is 11.6 Å². The smallest absolute Gasteiger partial charge is 0.243 e. The van der Waals surface area contributed by atoms with E-state index >= 15 is 0 Å². The zero-order valence-corrected chi connectivity index (χ0v) is 12.2. The lowest BCUT2D eigenvalue weighted by molar-refractivity contribution is -0.120. The van der Waals surface area contributed by atoms with E-state index in [0.717, 1.165) is 5.56 Å². The highest BCUT2D eigenvalue weighted by Crippen LogP contribution is 2.22. The van der Waals surface area contributed by atoms with Crippen molar-refractivity contribution in [2.24, 2.45) is 5.73 Å². The molecule has 18 heavy (non-hydrogen) atoms. The molecule has 0 saturated carbocycles. The van der Waals surface area contributed by atoms with Crippen molar-refractivity contribution in [3.05, 3.63) is 28.8 Å². The summed E-state index contributed by atoms with van der Waals surface area (Å²) in [6, 6.07) is 5.07. The second kappa shape index (κ2) is 5.82. The quantitative estimate of drug-likeness (QED) is 0.889. The van der Waals surface area contributed by atoms with Gasteiger partial charge in [-0.2, -0.15) is 0 Å². The number of benzene rings is 1. The Labute approximate surface area is 114 Å². The van der Waals surface area contributed by atoms with Crippen LogP contribution in [-0.2, 0) is 21.3 Å². The fourth-order valence-electron chi connectivity index (χ4n) is 1.27. The van der Waals surface area contributed by atoms with E-state index < -0.39 is 16.3 Å². The number of carbonyl (C=O) groups excluding carboxylic acids is 1. The summed E-state index contributed by atoms with van der Waals surface area (Å²) in [5.74, 6) is 0.0718. The summed E-state index contributed by atoms with van der Waals surface area (Å²) < 4.78 is 11.2. The van der Waals surface area contributed by atoms with E-state index in [-0.39, 0.29) is 5.91 Å². The van der Waals surface area contributed by atoms with Gasteiger partial charge in [0.05, 0.1) is 5.54 Å². The number of carbonyl (C=O) groups is 1. The van der Waals surface area contributed by atoms with Gasteiger partial charge in [-0.05, 0) is 37.6 Å². The van der Waals surface area contributed by atoms with E-state index in [9.17, 15) is 9.00 Å². The molecule has 0 aliphatic carbocycles. The Morgan fingerprint density at radius 2 is 2.11 bits per heavy atom. The molecule has 0 aliphatic heterocycles. The van der Waals surface area contributed by atoms with Crippen molar-refractivity contribution in [1.29, 1.82) is 0 Å². The first-order chi connectivity index (χ1) is 8.20. The van der Waals surface area contributed by atoms with Crippen LogP contribution in [0.2, 0.25) is 5.02 Å². The topological polar surface area (TPSA) is 72.2 Å². The van der Waals surface area contributed by atoms with E-state index in [1.165, 1.54) is 0 Å². The number of nitrogens with two attached hydrogens (primary N) is 1. The zero-order chi connectivity index (χ0) is 13.9. The van der Waals surface area contributed by atoms with E-state index in [2.05, 4.69) is 5.32 Å². The van der Waals surface area contributed by atoms with Crippen LogP contribution in [-0.4, -0.2) is 21.9 Å². The first kappa shape index (κ1) is 15.1. The molecule has 0 spiro atoms. The van der Waals surface area contributed by atoms with Crippen LogP contribution in [0, 0.1) is 0 Å². The fourth-order valence-corrected chi connectivity index (χ4v) is 2.21. The number of anilines is 1. The SMILES string of the molecule is CS(=O)Cc1cc(NC(=O)C(C)(C)N)ccc1Cl. The van der Waals surface area contributed by atoms with Crippen LogP contribution in [0.15, 0.2) is 18.2 Å². The molecule has 0 aromatic heterocycles. The van der Waals surface area contributed by atoms with Gasteiger partial charge in [-0.25, -0.2) is 0 Å². The first-order valence-electron chi connectivity index (χ1n) is 5.39. The molecule has 4 nitrogen and oxygen atoms in total. The minimum atomic E-state index is -0.987. The van der Waals surface area contributed by atoms with E-state index in [1.54, 1.807) is 38.3 Å². The minimum absolute atomic E-state index is 0.284. The van der Waals surface area contributed by atoms with Gasteiger partial charge in [0.1, 0.15) is 0 Å². The third-order valence-corrected chi connectivity index (χ3v) is 3.33. The number of amides is 1. The molecule has 0 saturated heterocycles. The molecular weight excluding hydrogens is 272 g/mol. The Balaban J connectivity index is 2.92. The zero-order valence-electron chi connectivity index (χ0n) is 10.6. The Morgan fingerprint density at radius 1 is 1.50 bits per heavy atom. The number of nitrogens with one attached hydrogen (secondary N) is 1. The lowest BCUT2D eigenvalue weighted by atomic mass is 10.1. The Kier molecular flexibility index (Phi) is 4.90. The molecule has 100 valence electrons. The molecule has 0 heterocycles. The molecule has 0 aliphatic rings. The monoisotopic (exact) mass is 288 g/mol. The molecule has 1 aromatic rings. The molecular formula is C12H17ClN2O2S. The number of hydrogen-bond acceptors (Lipinski definition) is 3. The second-order valence-electron chi connectivity index (χ2n) is 4.70. The highest BCUT2D eigenvalue weighted by atomic mass is 35.5. The van der Waals surface area contributed by atoms with Crippen molar-refractivity contribution >= 4 is 34.0 Å². The van der Waals surface area contributed by atoms with E-state index in [1.807, 2.05) is 0 Å². The number of hydrogen-bond donors (Lipinski definition) is 2. The summed E-state index contributed by atoms with van der Waals surface area (Å²) in [4.78, 5) is 11.7. The summed E-state index contributed by atoms with van der Waals surface area (Å²) >= 11 is 5.99. The molecule has 6 heteroatoms. The molecule has 0 radical (unpaired) electrons. The van der Waals surface area contributed by atoms with Gasteiger partial charge < -0.3 is 11.1 Å². The highest BCUT2D eigenvalue weighted by Gasteiger charge is 2.21. The molecule has 1 aromatic carbocycles. The molecule has 0 fully saturated rings. The molecule has 1 atom stereocenters. The van der Waals surface area contributed by atoms with Crippen molar-refractivity contribution in [3.8, 4) is 0 Å². The molecule has 0 bridgehead atoms. The van der Waals surface area contributed by atoms with Gasteiger partial charge in [0.2, 0.25) is 5.91 Å². The third kappa shape index (κ3) is 4.40. The van der Waals surface area contributed by atoms with E-state index in [0.29, 0.717) is 16.5 Å². The summed E-state index contributed by atoms with van der Waals surface area (Å²) in [6.07, 6.45) is 1.60. The molecule has 1 amide bonds. The maximum atomic E-state index is 11.7. The van der Waals surface area contributed by atoms with Gasteiger partial charge >= 0.3 is 0 Å². The lowest BCUT2D eigenvalue weighted by Crippen LogP contribution is -2.45. The fraction of sp³-hybridized carbons (Fsp3) is 0.417. The summed E-state index contributed by atoms with van der Waals surface area (Å²) in [5.41, 5.74) is 6.08. The van der Waals surface area contributed by atoms with Crippen LogP contribution < -0.4 is 11.1 Å². The van der Waals surface area contributed by atoms with Gasteiger partial charge in [0, 0.05) is 33.5 Å². The van der Waals surface area contributed by atoms with Gasteiger partial charge in [-0.3, -0.25) is 9.00 Å². The highest BCUT2D eigenvalue weighted by molar-refractivity contribution is 7.83. The van der Waals surface area contributed by atoms with Crippen LogP contribution in [0.1, 0.15) is 19.4 Å². The average Bonchev–Trinajstić information content (AvgIpc) is 2.20. The average molecular weight is 289 g/mol. The van der Waals surface area contributed by atoms with Gasteiger partial charge in [0.15, 0.2) is 0 Å². The normalized spacial score (nSPS) is 13.2. The van der Waals surface area contributed by atoms with Crippen LogP contribution in [0.4, 0.5) is 5.69 Å². The van der Waals surface area contributed by atoms with Crippen molar-refractivity contribution in [1.82, 2.24) is 0 Å². The van der Waals surface area contributed by atoms with Crippen LogP contribution in [0.25, 0.3) is 0 Å². The maximum Gasteiger partial charge on any atom is 0.243 e. The van der Waals surface area contributed by atoms with E-state index in [4.69, 9.17) is 17.3 Å². The van der Waals surface area contributed by atoms with Gasteiger partial charge in [0.25, 0.3) is 0 Å². The third-order valence-electron chi connectivity index (χ3n) is 2.25. The predicted octanol–water partition coefficient (Wildman–Crippen LogP) is 1.89. The largest absolute Gasteiger partial charge is 0.324 e. The van der Waals surface area contributed by atoms with Crippen molar-refractivity contribution < 1.29 is 9.00 Å². The summed E-state index contributed by atoms with van der Waals surface area (Å²) in [5, 5.41) is 3.24. The number of rotatable bonds is 4. The van der Waals surface area contributed by atoms with Crippen molar-refractivity contribution in [3.63, 3.8) is 0 Å². The molecule has 1 unspecified atom stereocenters. The first-order valence-corrected chi connectivity index (χ1v) is 7.49. The standard InChI is InChI=1S/C12H17ClN2O2S/c1-12(2,14)11(16)15-9-4-5-10(13)8(6-9)7-18(3)17/h4-6H,7,14H2,1-3H3,(H,15,16). The molecule has 3 N–H and O–H groups in total. The minimum Gasteiger partial charge on any atom is -0.324 e. The summed E-state index contributed by atoms with van der Waals surface area (Å²) in [7, 11) is -0.987. The van der Waals surface area contributed by atoms with Crippen LogP contribution in [0.5, 0.6) is 0 Å². The van der Waals surface area contributed by atoms with Crippen molar-refractivity contribution in [2.45, 2.75) is 25.1 Å². The second-order valence-corrected chi connectivity index (χ2v) is 6.54. The Morgan fingerprint density at radius 3 is 2.61 bits per heavy atom. The Hall–Kier alpha value is -0.910. The maximum absolute atomic E-state index is 11.7. The lowest BCUT2D eigenvalue weighted by Gasteiger charge is -2.18. The summed E-state index contributed by atoms with van der Waals surface area (Å²) in [6.45, 7) is 3.25. The number of halogens is 1. The van der Waals surface area contributed by atoms with Crippen molar-refractivity contribution in [2.75, 3.05) is 11.6 Å². The predicted molar refractivity (Wildman–Crippen MR) is 76.1 cm³/mol. The van der Waals surface area contributed by atoms with Crippen LogP contribution >= 0.6 is 11.6 Å².